The summed E-state index contributed by atoms with van der Waals surface area (Å²) in [4.78, 5) is 13.9. The standard InChI is InChI=1S/C24H27F2N5O3S/c1-13-17(19-29-14-5-3-4-6-15(14)35-19)18(30-20(28-13)27-11-21(9-10-21)12-34-2)31-22(32)8-7-16-23(22,33)24(16,25)26/h3-6,16,32-33H,7-12H2,1-2H3,(H2,27,28,30,31). The average Bonchev–Trinajstić information content (AvgIpc) is 3.52. The Morgan fingerprint density at radius 1 is 1.14 bits per heavy atom. The van der Waals surface area contributed by atoms with Crippen LogP contribution in [-0.2, 0) is 4.74 Å². The number of ether oxygens (including phenoxy) is 1. The van der Waals surface area contributed by atoms with Crippen molar-refractivity contribution in [2.24, 2.45) is 11.3 Å². The lowest BCUT2D eigenvalue weighted by atomic mass is 10.0. The van der Waals surface area contributed by atoms with Gasteiger partial charge >= 0.3 is 0 Å². The Balaban J connectivity index is 1.40. The third kappa shape index (κ3) is 3.35. The molecule has 6 rings (SSSR count). The minimum Gasteiger partial charge on any atom is -0.384 e. The van der Waals surface area contributed by atoms with Gasteiger partial charge in [0.05, 0.1) is 34.0 Å². The SMILES string of the molecule is COCC1(CNc2nc(C)c(-c3nc4ccccc4s3)c(NC3(O)CCC4C(F)(F)C43O)n2)CC1. The number of alkyl halides is 2. The quantitative estimate of drug-likeness (QED) is 0.344. The zero-order valence-electron chi connectivity index (χ0n) is 19.4. The van der Waals surface area contributed by atoms with Crippen molar-refractivity contribution >= 4 is 33.3 Å². The minimum atomic E-state index is -3.36. The van der Waals surface area contributed by atoms with Gasteiger partial charge in [-0.25, -0.2) is 18.7 Å². The number of anilines is 2. The summed E-state index contributed by atoms with van der Waals surface area (Å²) >= 11 is 1.43. The highest BCUT2D eigenvalue weighted by Crippen LogP contribution is 2.70. The first-order valence-corrected chi connectivity index (χ1v) is 12.5. The van der Waals surface area contributed by atoms with E-state index in [2.05, 4.69) is 20.6 Å². The van der Waals surface area contributed by atoms with Crippen molar-refractivity contribution in [1.29, 1.82) is 0 Å². The summed E-state index contributed by atoms with van der Waals surface area (Å²) in [5.41, 5.74) is -2.84. The molecule has 0 radical (unpaired) electrons. The molecule has 35 heavy (non-hydrogen) atoms. The molecule has 3 fully saturated rings. The second kappa shape index (κ2) is 7.52. The van der Waals surface area contributed by atoms with Crippen LogP contribution in [-0.4, -0.2) is 62.7 Å². The van der Waals surface area contributed by atoms with Gasteiger partial charge in [0.25, 0.3) is 5.92 Å². The molecule has 0 amide bonds. The molecule has 3 aliphatic carbocycles. The first-order valence-electron chi connectivity index (χ1n) is 11.7. The number of aryl methyl sites for hydroxylation is 1. The zero-order chi connectivity index (χ0) is 24.6. The number of methoxy groups -OCH3 is 1. The van der Waals surface area contributed by atoms with Gasteiger partial charge in [0.15, 0.2) is 11.3 Å². The topological polar surface area (TPSA) is 112 Å². The minimum absolute atomic E-state index is 0.0121. The molecule has 2 heterocycles. The Bertz CT molecular complexity index is 1280. The van der Waals surface area contributed by atoms with E-state index in [0.717, 1.165) is 23.1 Å². The Morgan fingerprint density at radius 2 is 1.91 bits per heavy atom. The first-order chi connectivity index (χ1) is 16.6. The van der Waals surface area contributed by atoms with E-state index in [1.165, 1.54) is 11.3 Å². The fourth-order valence-corrected chi connectivity index (χ4v) is 6.47. The third-order valence-corrected chi connectivity index (χ3v) is 8.80. The highest BCUT2D eigenvalue weighted by atomic mass is 32.1. The Kier molecular flexibility index (Phi) is 4.93. The summed E-state index contributed by atoms with van der Waals surface area (Å²) in [5.74, 6) is -4.16. The van der Waals surface area contributed by atoms with Crippen molar-refractivity contribution in [3.05, 3.63) is 30.0 Å². The Hall–Kier alpha value is -2.47. The van der Waals surface area contributed by atoms with E-state index in [4.69, 9.17) is 9.72 Å². The van der Waals surface area contributed by atoms with Crippen molar-refractivity contribution in [3.63, 3.8) is 0 Å². The van der Waals surface area contributed by atoms with Gasteiger partial charge in [0.1, 0.15) is 10.8 Å². The van der Waals surface area contributed by atoms with Crippen LogP contribution in [0.25, 0.3) is 20.8 Å². The lowest BCUT2D eigenvalue weighted by molar-refractivity contribution is -0.124. The average molecular weight is 504 g/mol. The third-order valence-electron chi connectivity index (χ3n) is 7.74. The number of halogens is 2. The van der Waals surface area contributed by atoms with E-state index in [0.29, 0.717) is 35.4 Å². The molecule has 4 N–H and O–H groups in total. The number of aromatic nitrogens is 3. The van der Waals surface area contributed by atoms with Crippen LogP contribution in [0.2, 0.25) is 0 Å². The molecule has 2 aromatic heterocycles. The molecular weight excluding hydrogens is 476 g/mol. The highest BCUT2D eigenvalue weighted by molar-refractivity contribution is 7.21. The lowest BCUT2D eigenvalue weighted by Gasteiger charge is -2.33. The van der Waals surface area contributed by atoms with Gasteiger partial charge in [-0.3, -0.25) is 0 Å². The number of nitrogens with zero attached hydrogens (tertiary/aromatic N) is 3. The van der Waals surface area contributed by atoms with Gasteiger partial charge in [-0.05, 0) is 44.7 Å². The molecule has 1 aromatic carbocycles. The largest absolute Gasteiger partial charge is 0.384 e. The number of rotatable bonds is 8. The molecule has 8 nitrogen and oxygen atoms in total. The summed E-state index contributed by atoms with van der Waals surface area (Å²) in [5, 5.41) is 28.6. The second-order valence-corrected chi connectivity index (χ2v) is 11.1. The number of hydrogen-bond donors (Lipinski definition) is 4. The number of fused-ring (bicyclic) bond motifs is 2. The molecule has 11 heteroatoms. The molecule has 3 aromatic rings. The second-order valence-electron chi connectivity index (χ2n) is 10.1. The van der Waals surface area contributed by atoms with Crippen molar-refractivity contribution in [3.8, 4) is 10.6 Å². The van der Waals surface area contributed by atoms with Crippen LogP contribution in [0.15, 0.2) is 24.3 Å². The summed E-state index contributed by atoms with van der Waals surface area (Å²) in [7, 11) is 1.67. The number of benzene rings is 1. The van der Waals surface area contributed by atoms with Gasteiger partial charge in [-0.2, -0.15) is 4.98 Å². The van der Waals surface area contributed by atoms with Crippen LogP contribution in [0, 0.1) is 18.3 Å². The van der Waals surface area contributed by atoms with Crippen molar-refractivity contribution in [2.45, 2.75) is 49.9 Å². The smallest absolute Gasteiger partial charge is 0.287 e. The summed E-state index contributed by atoms with van der Waals surface area (Å²) < 4.78 is 35.0. The molecule has 0 bridgehead atoms. The van der Waals surface area contributed by atoms with Crippen molar-refractivity contribution < 1.29 is 23.7 Å². The van der Waals surface area contributed by atoms with Gasteiger partial charge in [-0.1, -0.05) is 12.1 Å². The molecular formula is C24H27F2N5O3S. The maximum Gasteiger partial charge on any atom is 0.287 e. The summed E-state index contributed by atoms with van der Waals surface area (Å²) in [6, 6.07) is 7.64. The molecule has 3 unspecified atom stereocenters. The molecule has 3 atom stereocenters. The molecule has 0 aliphatic heterocycles. The van der Waals surface area contributed by atoms with Crippen LogP contribution in [0.3, 0.4) is 0 Å². The fourth-order valence-electron chi connectivity index (χ4n) is 5.41. The van der Waals surface area contributed by atoms with E-state index < -0.39 is 23.2 Å². The molecule has 3 saturated carbocycles. The maximum absolute atomic E-state index is 14.4. The summed E-state index contributed by atoms with van der Waals surface area (Å²) in [6.45, 7) is 3.02. The van der Waals surface area contributed by atoms with Crippen LogP contribution in [0.4, 0.5) is 20.5 Å². The van der Waals surface area contributed by atoms with E-state index in [1.807, 2.05) is 24.3 Å². The monoisotopic (exact) mass is 503 g/mol. The predicted octanol–water partition coefficient (Wildman–Crippen LogP) is 3.79. The van der Waals surface area contributed by atoms with Gasteiger partial charge in [-0.15, -0.1) is 11.3 Å². The number of nitrogens with one attached hydrogen (secondary N) is 2. The number of para-hydroxylation sites is 1. The number of hydrogen-bond acceptors (Lipinski definition) is 9. The Labute approximate surface area is 204 Å². The zero-order valence-corrected chi connectivity index (χ0v) is 20.3. The molecule has 186 valence electrons. The normalized spacial score (nSPS) is 29.7. The van der Waals surface area contributed by atoms with Crippen LogP contribution >= 0.6 is 11.3 Å². The lowest BCUT2D eigenvalue weighted by Crippen LogP contribution is -2.53. The fraction of sp³-hybridized carbons (Fsp3) is 0.542. The number of thiazole rings is 1. The van der Waals surface area contributed by atoms with Crippen molar-refractivity contribution in [1.82, 2.24) is 15.0 Å². The number of aliphatic hydroxyl groups is 2. The van der Waals surface area contributed by atoms with Gasteiger partial charge in [0, 0.05) is 19.1 Å². The molecule has 0 saturated heterocycles. The highest BCUT2D eigenvalue weighted by Gasteiger charge is 2.91. The van der Waals surface area contributed by atoms with Gasteiger partial charge in [0.2, 0.25) is 5.95 Å². The van der Waals surface area contributed by atoms with Crippen molar-refractivity contribution in [2.75, 3.05) is 30.9 Å². The Morgan fingerprint density at radius 3 is 2.57 bits per heavy atom. The van der Waals surface area contributed by atoms with Gasteiger partial charge < -0.3 is 25.6 Å². The van der Waals surface area contributed by atoms with E-state index in [-0.39, 0.29) is 24.1 Å². The summed E-state index contributed by atoms with van der Waals surface area (Å²) in [6.07, 6.45) is 2.06. The molecule has 3 aliphatic rings. The van der Waals surface area contributed by atoms with E-state index in [9.17, 15) is 19.0 Å². The predicted molar refractivity (Wildman–Crippen MR) is 129 cm³/mol. The molecule has 0 spiro atoms. The van der Waals surface area contributed by atoms with E-state index >= 15 is 0 Å². The van der Waals surface area contributed by atoms with Crippen LogP contribution < -0.4 is 10.6 Å². The first kappa shape index (κ1) is 23.0. The van der Waals surface area contributed by atoms with E-state index in [1.54, 1.807) is 14.0 Å². The van der Waals surface area contributed by atoms with Crippen LogP contribution in [0.1, 0.15) is 31.4 Å². The maximum atomic E-state index is 14.4. The van der Waals surface area contributed by atoms with Crippen LogP contribution in [0.5, 0.6) is 0 Å².